The summed E-state index contributed by atoms with van der Waals surface area (Å²) in [5.41, 5.74) is 3.50. The second-order valence-corrected chi connectivity index (χ2v) is 7.34. The molecular weight excluding hydrogens is 336 g/mol. The molecule has 3 aromatic rings. The van der Waals surface area contributed by atoms with Crippen molar-refractivity contribution >= 4 is 16.9 Å². The third-order valence-corrected chi connectivity index (χ3v) is 5.57. The fraction of sp³-hybridized carbons (Fsp3) is 0.476. The highest BCUT2D eigenvalue weighted by Crippen LogP contribution is 2.23. The minimum Gasteiger partial charge on any atom is -0.356 e. The quantitative estimate of drug-likeness (QED) is 0.754. The number of aryl methyl sites for hydroxylation is 3. The van der Waals surface area contributed by atoms with E-state index < -0.39 is 0 Å². The molecule has 1 aromatic carbocycles. The van der Waals surface area contributed by atoms with Crippen LogP contribution < -0.4 is 10.2 Å². The van der Waals surface area contributed by atoms with E-state index in [1.807, 2.05) is 19.2 Å². The van der Waals surface area contributed by atoms with Crippen molar-refractivity contribution in [2.45, 2.75) is 45.7 Å². The number of hydrogen-bond donors (Lipinski definition) is 1. The van der Waals surface area contributed by atoms with Crippen LogP contribution in [0.2, 0.25) is 0 Å². The third kappa shape index (κ3) is 3.67. The zero-order chi connectivity index (χ0) is 18.8. The molecule has 1 N–H and O–H groups in total. The Bertz CT molecular complexity index is 924. The standard InChI is InChI=1S/C21H28N6/c1-4-16-13-22-15(2)24-21(16)27-11-9-17(10-12-27)23-14-20-25-18-7-5-6-8-19(18)26(20)3/h5-8,13,17,23H,4,9-12,14H2,1-3H3. The van der Waals surface area contributed by atoms with Gasteiger partial charge in [-0.3, -0.25) is 0 Å². The van der Waals surface area contributed by atoms with E-state index in [0.29, 0.717) is 6.04 Å². The minimum atomic E-state index is 0.522. The van der Waals surface area contributed by atoms with E-state index in [0.717, 1.165) is 61.9 Å². The first kappa shape index (κ1) is 17.9. The number of nitrogens with zero attached hydrogens (tertiary/aromatic N) is 5. The first-order valence-electron chi connectivity index (χ1n) is 9.87. The molecule has 1 saturated heterocycles. The highest BCUT2D eigenvalue weighted by Gasteiger charge is 2.22. The molecule has 0 amide bonds. The van der Waals surface area contributed by atoms with Crippen LogP contribution in [0.3, 0.4) is 0 Å². The van der Waals surface area contributed by atoms with E-state index in [4.69, 9.17) is 9.97 Å². The highest BCUT2D eigenvalue weighted by molar-refractivity contribution is 5.75. The summed E-state index contributed by atoms with van der Waals surface area (Å²) in [5, 5.41) is 3.71. The number of nitrogens with one attached hydrogen (secondary N) is 1. The third-order valence-electron chi connectivity index (χ3n) is 5.57. The van der Waals surface area contributed by atoms with Crippen LogP contribution in [-0.2, 0) is 20.0 Å². The van der Waals surface area contributed by atoms with E-state index in [-0.39, 0.29) is 0 Å². The molecular formula is C21H28N6. The first-order chi connectivity index (χ1) is 13.2. The smallest absolute Gasteiger partial charge is 0.135 e. The van der Waals surface area contributed by atoms with Gasteiger partial charge in [-0.1, -0.05) is 19.1 Å². The average molecular weight is 364 g/mol. The van der Waals surface area contributed by atoms with Crippen molar-refractivity contribution in [1.82, 2.24) is 24.8 Å². The Kier molecular flexibility index (Phi) is 5.07. The summed E-state index contributed by atoms with van der Waals surface area (Å²) < 4.78 is 2.19. The molecule has 1 aliphatic heterocycles. The molecule has 3 heterocycles. The van der Waals surface area contributed by atoms with Crippen molar-refractivity contribution in [2.24, 2.45) is 7.05 Å². The van der Waals surface area contributed by atoms with Gasteiger partial charge in [0.2, 0.25) is 0 Å². The van der Waals surface area contributed by atoms with Crippen molar-refractivity contribution in [2.75, 3.05) is 18.0 Å². The Balaban J connectivity index is 1.37. The number of aromatic nitrogens is 4. The van der Waals surface area contributed by atoms with Gasteiger partial charge in [0.1, 0.15) is 17.5 Å². The molecule has 6 nitrogen and oxygen atoms in total. The number of para-hydroxylation sites is 2. The van der Waals surface area contributed by atoms with Crippen LogP contribution in [0.5, 0.6) is 0 Å². The van der Waals surface area contributed by atoms with Crippen LogP contribution >= 0.6 is 0 Å². The number of fused-ring (bicyclic) bond motifs is 1. The van der Waals surface area contributed by atoms with Crippen molar-refractivity contribution in [1.29, 1.82) is 0 Å². The van der Waals surface area contributed by atoms with Crippen molar-refractivity contribution in [3.05, 3.63) is 47.7 Å². The van der Waals surface area contributed by atoms with E-state index in [1.54, 1.807) is 0 Å². The summed E-state index contributed by atoms with van der Waals surface area (Å²) in [7, 11) is 2.10. The molecule has 0 unspecified atom stereocenters. The summed E-state index contributed by atoms with van der Waals surface area (Å²) in [6.07, 6.45) is 5.19. The predicted molar refractivity (Wildman–Crippen MR) is 109 cm³/mol. The van der Waals surface area contributed by atoms with Gasteiger partial charge in [-0.15, -0.1) is 0 Å². The predicted octanol–water partition coefficient (Wildman–Crippen LogP) is 2.99. The number of benzene rings is 1. The molecule has 1 fully saturated rings. The van der Waals surface area contributed by atoms with Gasteiger partial charge in [0.15, 0.2) is 0 Å². The highest BCUT2D eigenvalue weighted by atomic mass is 15.2. The maximum atomic E-state index is 4.76. The number of imidazole rings is 1. The molecule has 4 rings (SSSR count). The monoisotopic (exact) mass is 364 g/mol. The average Bonchev–Trinajstić information content (AvgIpc) is 3.03. The van der Waals surface area contributed by atoms with Gasteiger partial charge in [0, 0.05) is 37.9 Å². The van der Waals surface area contributed by atoms with E-state index >= 15 is 0 Å². The molecule has 2 aromatic heterocycles. The molecule has 0 bridgehead atoms. The van der Waals surface area contributed by atoms with Crippen molar-refractivity contribution in [3.8, 4) is 0 Å². The lowest BCUT2D eigenvalue weighted by Gasteiger charge is -2.34. The van der Waals surface area contributed by atoms with Gasteiger partial charge in [0.05, 0.1) is 17.6 Å². The van der Waals surface area contributed by atoms with Crippen molar-refractivity contribution in [3.63, 3.8) is 0 Å². The van der Waals surface area contributed by atoms with E-state index in [1.165, 1.54) is 11.1 Å². The lowest BCUT2D eigenvalue weighted by Crippen LogP contribution is -2.43. The van der Waals surface area contributed by atoms with Gasteiger partial charge in [-0.05, 0) is 38.3 Å². The van der Waals surface area contributed by atoms with Gasteiger partial charge < -0.3 is 14.8 Å². The summed E-state index contributed by atoms with van der Waals surface area (Å²) in [4.78, 5) is 16.2. The summed E-state index contributed by atoms with van der Waals surface area (Å²) >= 11 is 0. The minimum absolute atomic E-state index is 0.522. The Morgan fingerprint density at radius 3 is 2.67 bits per heavy atom. The second kappa shape index (κ2) is 7.64. The van der Waals surface area contributed by atoms with Gasteiger partial charge in [0.25, 0.3) is 0 Å². The molecule has 142 valence electrons. The molecule has 0 saturated carbocycles. The Labute approximate surface area is 160 Å². The van der Waals surface area contributed by atoms with Crippen LogP contribution in [0.15, 0.2) is 30.5 Å². The van der Waals surface area contributed by atoms with Gasteiger partial charge in [-0.2, -0.15) is 0 Å². The second-order valence-electron chi connectivity index (χ2n) is 7.34. The van der Waals surface area contributed by atoms with Gasteiger partial charge in [-0.25, -0.2) is 15.0 Å². The molecule has 0 atom stereocenters. The number of anilines is 1. The molecule has 6 heteroatoms. The Hall–Kier alpha value is -2.47. The van der Waals surface area contributed by atoms with Crippen LogP contribution in [0.1, 0.15) is 37.0 Å². The van der Waals surface area contributed by atoms with Crippen LogP contribution in [-0.4, -0.2) is 38.7 Å². The summed E-state index contributed by atoms with van der Waals surface area (Å²) in [6.45, 7) is 7.01. The molecule has 0 spiro atoms. The van der Waals surface area contributed by atoms with Gasteiger partial charge >= 0.3 is 0 Å². The summed E-state index contributed by atoms with van der Waals surface area (Å²) in [6, 6.07) is 8.83. The lowest BCUT2D eigenvalue weighted by molar-refractivity contribution is 0.406. The normalized spacial score (nSPS) is 15.6. The van der Waals surface area contributed by atoms with Crippen LogP contribution in [0.4, 0.5) is 5.82 Å². The molecule has 0 aliphatic carbocycles. The van der Waals surface area contributed by atoms with Crippen molar-refractivity contribution < 1.29 is 0 Å². The number of rotatable bonds is 5. The maximum absolute atomic E-state index is 4.76. The van der Waals surface area contributed by atoms with E-state index in [9.17, 15) is 0 Å². The van der Waals surface area contributed by atoms with Crippen LogP contribution in [0, 0.1) is 6.92 Å². The SMILES string of the molecule is CCc1cnc(C)nc1N1CCC(NCc2nc3ccccc3n2C)CC1. The maximum Gasteiger partial charge on any atom is 0.135 e. The molecule has 0 radical (unpaired) electrons. The number of piperidine rings is 1. The summed E-state index contributed by atoms with van der Waals surface area (Å²) in [5.74, 6) is 3.07. The first-order valence-corrected chi connectivity index (χ1v) is 9.87. The topological polar surface area (TPSA) is 58.9 Å². The lowest BCUT2D eigenvalue weighted by atomic mass is 10.0. The largest absolute Gasteiger partial charge is 0.356 e. The van der Waals surface area contributed by atoms with Crippen LogP contribution in [0.25, 0.3) is 11.0 Å². The fourth-order valence-corrected chi connectivity index (χ4v) is 3.89. The zero-order valence-corrected chi connectivity index (χ0v) is 16.4. The molecule has 1 aliphatic rings. The Morgan fingerprint density at radius 2 is 1.93 bits per heavy atom. The fourth-order valence-electron chi connectivity index (χ4n) is 3.89. The molecule has 27 heavy (non-hydrogen) atoms. The Morgan fingerprint density at radius 1 is 1.15 bits per heavy atom. The number of hydrogen-bond acceptors (Lipinski definition) is 5. The zero-order valence-electron chi connectivity index (χ0n) is 16.4. The van der Waals surface area contributed by atoms with E-state index in [2.05, 4.69) is 51.9 Å².